The van der Waals surface area contributed by atoms with E-state index in [-0.39, 0.29) is 16.6 Å². The highest BCUT2D eigenvalue weighted by Crippen LogP contribution is 2.04. The molecule has 0 aliphatic carbocycles. The maximum absolute atomic E-state index is 12.3. The zero-order chi connectivity index (χ0) is 20.8. The highest BCUT2D eigenvalue weighted by Gasteiger charge is 2.03. The maximum Gasteiger partial charge on any atom is 0.272 e. The average molecular weight is 394 g/mol. The number of rotatable bonds is 6. The van der Waals surface area contributed by atoms with Gasteiger partial charge in [0, 0.05) is 12.1 Å². The van der Waals surface area contributed by atoms with Crippen molar-refractivity contribution in [3.8, 4) is 0 Å². The fourth-order valence-corrected chi connectivity index (χ4v) is 2.66. The van der Waals surface area contributed by atoms with E-state index >= 15 is 0 Å². The molecule has 0 spiro atoms. The Bertz CT molecular complexity index is 1200. The van der Waals surface area contributed by atoms with E-state index in [4.69, 9.17) is 4.42 Å². The fourth-order valence-electron chi connectivity index (χ4n) is 2.66. The van der Waals surface area contributed by atoms with E-state index in [9.17, 15) is 14.4 Å². The number of benzene rings is 1. The molecule has 3 aromatic rings. The van der Waals surface area contributed by atoms with Crippen molar-refractivity contribution in [1.29, 1.82) is 0 Å². The molecule has 0 fully saturated rings. The monoisotopic (exact) mass is 394 g/mol. The molecule has 8 heteroatoms. The first-order valence-electron chi connectivity index (χ1n) is 8.99. The predicted molar refractivity (Wildman–Crippen MR) is 110 cm³/mol. The number of carbonyl (C=O) groups is 1. The number of nitrogens with zero attached hydrogens (tertiary/aromatic N) is 1. The summed E-state index contributed by atoms with van der Waals surface area (Å²) in [6, 6.07) is 9.03. The number of furan rings is 1. The topological polar surface area (TPSA) is 111 Å². The van der Waals surface area contributed by atoms with Crippen LogP contribution in [0.4, 0.5) is 0 Å². The molecular weight excluding hydrogens is 372 g/mol. The second kappa shape index (κ2) is 9.03. The molecule has 0 saturated heterocycles. The van der Waals surface area contributed by atoms with Crippen LogP contribution in [0, 0.1) is 0 Å². The van der Waals surface area contributed by atoms with Crippen molar-refractivity contribution in [2.45, 2.75) is 6.54 Å². The molecule has 0 radical (unpaired) electrons. The van der Waals surface area contributed by atoms with Crippen LogP contribution in [0.3, 0.4) is 0 Å². The van der Waals surface area contributed by atoms with E-state index in [0.29, 0.717) is 18.7 Å². The average Bonchev–Trinajstić information content (AvgIpc) is 3.18. The van der Waals surface area contributed by atoms with Gasteiger partial charge in [-0.05, 0) is 43.4 Å². The van der Waals surface area contributed by atoms with Gasteiger partial charge in [-0.25, -0.2) is 0 Å². The first kappa shape index (κ1) is 20.1. The Balaban J connectivity index is 1.78. The molecule has 2 heterocycles. The van der Waals surface area contributed by atoms with E-state index in [2.05, 4.69) is 15.3 Å². The molecule has 29 heavy (non-hydrogen) atoms. The Morgan fingerprint density at radius 2 is 1.62 bits per heavy atom. The number of likely N-dealkylation sites (N-methyl/N-ethyl adjacent to an activating group) is 1. The van der Waals surface area contributed by atoms with Crippen molar-refractivity contribution >= 4 is 18.1 Å². The largest absolute Gasteiger partial charge is 0.472 e. The van der Waals surface area contributed by atoms with Crippen LogP contribution in [0.25, 0.3) is 12.2 Å². The first-order chi connectivity index (χ1) is 13.9. The van der Waals surface area contributed by atoms with Crippen molar-refractivity contribution in [1.82, 2.24) is 20.2 Å². The fraction of sp³-hybridized carbons (Fsp3) is 0.190. The molecular formula is C21H22N4O4. The SMILES string of the molecule is CN(C)CC(=O)NCc1ccc(C=c2[nH]c(=O)c(=Cc3ccoc3)[nH]c2=O)cc1. The highest BCUT2D eigenvalue weighted by molar-refractivity contribution is 5.77. The number of H-pyrrole nitrogens is 2. The minimum atomic E-state index is -0.405. The Kier molecular flexibility index (Phi) is 6.25. The molecule has 2 aromatic heterocycles. The number of aromatic amines is 2. The normalized spacial score (nSPS) is 12.5. The molecule has 0 aliphatic heterocycles. The van der Waals surface area contributed by atoms with Crippen LogP contribution in [0.1, 0.15) is 16.7 Å². The Hall–Kier alpha value is -3.65. The molecule has 1 amide bonds. The van der Waals surface area contributed by atoms with Crippen LogP contribution < -0.4 is 27.1 Å². The van der Waals surface area contributed by atoms with Gasteiger partial charge in [0.05, 0.1) is 19.1 Å². The van der Waals surface area contributed by atoms with Crippen molar-refractivity contribution in [3.63, 3.8) is 0 Å². The van der Waals surface area contributed by atoms with Crippen LogP contribution in [0.2, 0.25) is 0 Å². The van der Waals surface area contributed by atoms with Crippen LogP contribution >= 0.6 is 0 Å². The van der Waals surface area contributed by atoms with Gasteiger partial charge in [0.2, 0.25) is 5.91 Å². The van der Waals surface area contributed by atoms with Gasteiger partial charge in [-0.1, -0.05) is 24.3 Å². The molecule has 0 aliphatic rings. The number of nitrogens with one attached hydrogen (secondary N) is 3. The van der Waals surface area contributed by atoms with Gasteiger partial charge in [-0.2, -0.15) is 0 Å². The third-order valence-electron chi connectivity index (χ3n) is 4.08. The zero-order valence-electron chi connectivity index (χ0n) is 16.2. The number of aromatic nitrogens is 2. The summed E-state index contributed by atoms with van der Waals surface area (Å²) in [5.74, 6) is -0.0536. The van der Waals surface area contributed by atoms with Gasteiger partial charge in [-0.3, -0.25) is 14.4 Å². The summed E-state index contributed by atoms with van der Waals surface area (Å²) in [4.78, 5) is 43.2. The Labute approximate surface area is 166 Å². The zero-order valence-corrected chi connectivity index (χ0v) is 16.2. The highest BCUT2D eigenvalue weighted by atomic mass is 16.3. The van der Waals surface area contributed by atoms with Gasteiger partial charge in [0.15, 0.2) is 0 Å². The molecule has 3 N–H and O–H groups in total. The second-order valence-electron chi connectivity index (χ2n) is 6.84. The minimum absolute atomic E-state index is 0.0536. The van der Waals surface area contributed by atoms with Gasteiger partial charge in [0.25, 0.3) is 11.1 Å². The predicted octanol–water partition coefficient (Wildman–Crippen LogP) is -0.508. The summed E-state index contributed by atoms with van der Waals surface area (Å²) in [7, 11) is 3.66. The lowest BCUT2D eigenvalue weighted by Gasteiger charge is -2.10. The summed E-state index contributed by atoms with van der Waals surface area (Å²) in [6.07, 6.45) is 6.09. The quantitative estimate of drug-likeness (QED) is 0.522. The van der Waals surface area contributed by atoms with Crippen LogP contribution in [-0.2, 0) is 11.3 Å². The minimum Gasteiger partial charge on any atom is -0.472 e. The van der Waals surface area contributed by atoms with Crippen molar-refractivity contribution < 1.29 is 9.21 Å². The Morgan fingerprint density at radius 1 is 1.00 bits per heavy atom. The summed E-state index contributed by atoms with van der Waals surface area (Å²) >= 11 is 0. The third kappa shape index (κ3) is 5.66. The van der Waals surface area contributed by atoms with E-state index in [1.54, 1.807) is 17.0 Å². The molecule has 8 nitrogen and oxygen atoms in total. The van der Waals surface area contributed by atoms with Crippen molar-refractivity contribution in [2.75, 3.05) is 20.6 Å². The number of carbonyl (C=O) groups excluding carboxylic acids is 1. The van der Waals surface area contributed by atoms with Crippen LogP contribution in [0.15, 0.2) is 56.9 Å². The molecule has 0 atom stereocenters. The van der Waals surface area contributed by atoms with E-state index in [0.717, 1.165) is 11.1 Å². The molecule has 1 aromatic carbocycles. The van der Waals surface area contributed by atoms with Gasteiger partial charge >= 0.3 is 0 Å². The summed E-state index contributed by atoms with van der Waals surface area (Å²) < 4.78 is 4.95. The van der Waals surface area contributed by atoms with Crippen molar-refractivity contribution in [3.05, 3.63) is 91.0 Å². The molecule has 0 unspecified atom stereocenters. The van der Waals surface area contributed by atoms with Crippen molar-refractivity contribution in [2.24, 2.45) is 0 Å². The van der Waals surface area contributed by atoms with E-state index < -0.39 is 11.1 Å². The molecule has 0 saturated carbocycles. The molecule has 3 rings (SSSR count). The summed E-state index contributed by atoms with van der Waals surface area (Å²) in [5.41, 5.74) is 1.55. The number of hydrogen-bond donors (Lipinski definition) is 3. The number of hydrogen-bond acceptors (Lipinski definition) is 5. The molecule has 150 valence electrons. The van der Waals surface area contributed by atoms with Gasteiger partial charge < -0.3 is 24.6 Å². The lowest BCUT2D eigenvalue weighted by molar-refractivity contribution is -0.121. The summed E-state index contributed by atoms with van der Waals surface area (Å²) in [5, 5.41) is 3.15. The Morgan fingerprint density at radius 3 is 2.17 bits per heavy atom. The maximum atomic E-state index is 12.3. The second-order valence-corrected chi connectivity index (χ2v) is 6.84. The lowest BCUT2D eigenvalue weighted by atomic mass is 10.1. The van der Waals surface area contributed by atoms with Gasteiger partial charge in [0.1, 0.15) is 10.7 Å². The lowest BCUT2D eigenvalue weighted by Crippen LogP contribution is -2.46. The van der Waals surface area contributed by atoms with Gasteiger partial charge in [-0.15, -0.1) is 0 Å². The number of amides is 1. The van der Waals surface area contributed by atoms with E-state index in [1.165, 1.54) is 18.6 Å². The third-order valence-corrected chi connectivity index (χ3v) is 4.08. The first-order valence-corrected chi connectivity index (χ1v) is 8.99. The van der Waals surface area contributed by atoms with E-state index in [1.807, 2.05) is 38.4 Å². The standard InChI is InChI=1S/C21H22N4O4/c1-25(2)12-19(26)22-11-15-5-3-14(4-6-15)9-17-20(27)24-18(21(28)23-17)10-16-7-8-29-13-16/h3-10,13H,11-12H2,1-2H3,(H,22,26)(H,23,28)(H,24,27). The smallest absolute Gasteiger partial charge is 0.272 e. The van der Waals surface area contributed by atoms with Crippen LogP contribution in [0.5, 0.6) is 0 Å². The van der Waals surface area contributed by atoms with Crippen LogP contribution in [-0.4, -0.2) is 41.4 Å². The molecule has 0 bridgehead atoms. The summed E-state index contributed by atoms with van der Waals surface area (Å²) in [6.45, 7) is 0.749.